The van der Waals surface area contributed by atoms with Gasteiger partial charge in [0.2, 0.25) is 0 Å². The van der Waals surface area contributed by atoms with Gasteiger partial charge in [0.25, 0.3) is 0 Å². The molecular weight excluding hydrogens is 407 g/mol. The van der Waals surface area contributed by atoms with Crippen LogP contribution in [0, 0.1) is 12.7 Å². The first-order valence-corrected chi connectivity index (χ1v) is 12.1. The first-order valence-electron chi connectivity index (χ1n) is 9.66. The lowest BCUT2D eigenvalue weighted by atomic mass is 10.1. The summed E-state index contributed by atoms with van der Waals surface area (Å²) in [6.45, 7) is 3.39. The van der Waals surface area contributed by atoms with E-state index < -0.39 is 20.9 Å². The maximum Gasteiger partial charge on any atom is 0.185 e. The zero-order valence-corrected chi connectivity index (χ0v) is 17.8. The van der Waals surface area contributed by atoms with Crippen molar-refractivity contribution in [3.05, 3.63) is 76.5 Å². The van der Waals surface area contributed by atoms with Crippen molar-refractivity contribution in [3.63, 3.8) is 0 Å². The molecule has 0 atom stereocenters. The highest BCUT2D eigenvalue weighted by atomic mass is 32.2. The van der Waals surface area contributed by atoms with E-state index in [4.69, 9.17) is 4.98 Å². The summed E-state index contributed by atoms with van der Waals surface area (Å²) in [6.07, 6.45) is 1.90. The Morgan fingerprint density at radius 2 is 1.86 bits per heavy atom. The second-order valence-corrected chi connectivity index (χ2v) is 10.5. The van der Waals surface area contributed by atoms with E-state index in [1.54, 1.807) is 11.3 Å². The third-order valence-corrected chi connectivity index (χ3v) is 8.53. The molecule has 0 spiro atoms. The average Bonchev–Trinajstić information content (AvgIpc) is 3.17. The van der Waals surface area contributed by atoms with Crippen molar-refractivity contribution >= 4 is 26.3 Å². The Hall–Kier alpha value is -2.25. The van der Waals surface area contributed by atoms with Gasteiger partial charge in [-0.1, -0.05) is 29.8 Å². The Balaban J connectivity index is 1.40. The number of hydrogen-bond donors (Lipinski definition) is 0. The van der Waals surface area contributed by atoms with Crippen LogP contribution >= 0.6 is 11.3 Å². The van der Waals surface area contributed by atoms with Crippen LogP contribution < -0.4 is 4.90 Å². The molecule has 7 heteroatoms. The molecular formula is C22H23FN2O2S2. The SMILES string of the molecule is Cc1cccc(Cc2csc(N3CCC(S(=O)(=O)c4ccc(F)cc4)CC3)n2)c1. The number of anilines is 1. The number of thiazole rings is 1. The predicted molar refractivity (Wildman–Crippen MR) is 115 cm³/mol. The number of hydrogen-bond acceptors (Lipinski definition) is 5. The topological polar surface area (TPSA) is 50.3 Å². The molecule has 1 aromatic heterocycles. The minimum Gasteiger partial charge on any atom is -0.348 e. The van der Waals surface area contributed by atoms with Crippen LogP contribution in [0.25, 0.3) is 0 Å². The van der Waals surface area contributed by atoms with E-state index in [9.17, 15) is 12.8 Å². The predicted octanol–water partition coefficient (Wildman–Crippen LogP) is 4.62. The fourth-order valence-electron chi connectivity index (χ4n) is 3.73. The van der Waals surface area contributed by atoms with Crippen LogP contribution in [0.2, 0.25) is 0 Å². The molecule has 4 nitrogen and oxygen atoms in total. The van der Waals surface area contributed by atoms with Gasteiger partial charge in [-0.05, 0) is 49.6 Å². The molecule has 3 aromatic rings. The molecule has 1 fully saturated rings. The molecule has 1 aliphatic rings. The number of benzene rings is 2. The molecule has 1 saturated heterocycles. The molecule has 1 aliphatic heterocycles. The summed E-state index contributed by atoms with van der Waals surface area (Å²) in [7, 11) is -3.43. The Bertz CT molecular complexity index is 1090. The molecule has 29 heavy (non-hydrogen) atoms. The highest BCUT2D eigenvalue weighted by Crippen LogP contribution is 2.29. The number of aryl methyl sites for hydroxylation is 1. The maximum atomic E-state index is 13.1. The van der Waals surface area contributed by atoms with E-state index in [1.807, 2.05) is 0 Å². The van der Waals surface area contributed by atoms with Gasteiger partial charge in [0.1, 0.15) is 5.82 Å². The molecule has 0 radical (unpaired) electrons. The zero-order valence-electron chi connectivity index (χ0n) is 16.2. The van der Waals surface area contributed by atoms with Gasteiger partial charge >= 0.3 is 0 Å². The fraction of sp³-hybridized carbons (Fsp3) is 0.318. The summed E-state index contributed by atoms with van der Waals surface area (Å²) in [5.41, 5.74) is 3.52. The van der Waals surface area contributed by atoms with Gasteiger partial charge in [0.05, 0.1) is 15.8 Å². The summed E-state index contributed by atoms with van der Waals surface area (Å²) in [5, 5.41) is 2.60. The number of halogens is 1. The number of sulfone groups is 1. The monoisotopic (exact) mass is 430 g/mol. The Morgan fingerprint density at radius 1 is 1.14 bits per heavy atom. The van der Waals surface area contributed by atoms with Crippen molar-refractivity contribution in [3.8, 4) is 0 Å². The summed E-state index contributed by atoms with van der Waals surface area (Å²) in [6, 6.07) is 13.5. The second-order valence-electron chi connectivity index (χ2n) is 7.47. The number of rotatable bonds is 5. The maximum absolute atomic E-state index is 13.1. The van der Waals surface area contributed by atoms with Crippen LogP contribution in [0.4, 0.5) is 9.52 Å². The second kappa shape index (κ2) is 8.24. The molecule has 152 valence electrons. The normalized spacial score (nSPS) is 15.6. The third-order valence-electron chi connectivity index (χ3n) is 5.30. The minimum atomic E-state index is -3.43. The van der Waals surface area contributed by atoms with E-state index in [0.717, 1.165) is 17.2 Å². The smallest absolute Gasteiger partial charge is 0.185 e. The summed E-state index contributed by atoms with van der Waals surface area (Å²) < 4.78 is 38.8. The minimum absolute atomic E-state index is 0.201. The van der Waals surface area contributed by atoms with Crippen molar-refractivity contribution in [2.75, 3.05) is 18.0 Å². The van der Waals surface area contributed by atoms with E-state index in [2.05, 4.69) is 41.5 Å². The lowest BCUT2D eigenvalue weighted by Gasteiger charge is -2.31. The van der Waals surface area contributed by atoms with Crippen molar-refractivity contribution in [2.24, 2.45) is 0 Å². The van der Waals surface area contributed by atoms with Crippen molar-refractivity contribution < 1.29 is 12.8 Å². The van der Waals surface area contributed by atoms with Crippen molar-refractivity contribution in [2.45, 2.75) is 36.3 Å². The van der Waals surface area contributed by atoms with Crippen LogP contribution in [-0.4, -0.2) is 31.7 Å². The zero-order chi connectivity index (χ0) is 20.4. The highest BCUT2D eigenvalue weighted by molar-refractivity contribution is 7.92. The number of piperidine rings is 1. The third kappa shape index (κ3) is 4.51. The largest absolute Gasteiger partial charge is 0.348 e. The van der Waals surface area contributed by atoms with Gasteiger partial charge in [-0.15, -0.1) is 11.3 Å². The summed E-state index contributed by atoms with van der Waals surface area (Å²) in [4.78, 5) is 7.14. The number of nitrogens with zero attached hydrogens (tertiary/aromatic N) is 2. The summed E-state index contributed by atoms with van der Waals surface area (Å²) in [5.74, 6) is -0.427. The fourth-order valence-corrected chi connectivity index (χ4v) is 6.34. The van der Waals surface area contributed by atoms with Gasteiger partial charge < -0.3 is 4.90 Å². The lowest BCUT2D eigenvalue weighted by Crippen LogP contribution is -2.39. The molecule has 4 rings (SSSR count). The Morgan fingerprint density at radius 3 is 2.55 bits per heavy atom. The van der Waals surface area contributed by atoms with Gasteiger partial charge in [0, 0.05) is 24.9 Å². The van der Waals surface area contributed by atoms with Crippen molar-refractivity contribution in [1.82, 2.24) is 4.98 Å². The van der Waals surface area contributed by atoms with Crippen LogP contribution in [0.15, 0.2) is 58.8 Å². The van der Waals surface area contributed by atoms with Gasteiger partial charge in [-0.2, -0.15) is 0 Å². The first-order chi connectivity index (χ1) is 13.9. The quantitative estimate of drug-likeness (QED) is 0.554. The van der Waals surface area contributed by atoms with Crippen molar-refractivity contribution in [1.29, 1.82) is 0 Å². The molecule has 0 bridgehead atoms. The average molecular weight is 431 g/mol. The standard InChI is InChI=1S/C22H23FN2O2S2/c1-16-3-2-4-17(13-16)14-19-15-28-22(24-19)25-11-9-21(10-12-25)29(26,27)20-7-5-18(23)6-8-20/h2-8,13,15,21H,9-12,14H2,1H3. The van der Waals surface area contributed by atoms with Crippen LogP contribution in [-0.2, 0) is 16.3 Å². The van der Waals surface area contributed by atoms with Crippen LogP contribution in [0.3, 0.4) is 0 Å². The van der Waals surface area contributed by atoms with Crippen LogP contribution in [0.1, 0.15) is 29.7 Å². The van der Waals surface area contributed by atoms with E-state index in [0.29, 0.717) is 25.9 Å². The van der Waals surface area contributed by atoms with E-state index in [1.165, 1.54) is 35.4 Å². The number of aromatic nitrogens is 1. The lowest BCUT2D eigenvalue weighted by molar-refractivity contribution is 0.529. The first kappa shape index (κ1) is 20.0. The molecule has 0 N–H and O–H groups in total. The molecule has 0 saturated carbocycles. The highest BCUT2D eigenvalue weighted by Gasteiger charge is 2.32. The van der Waals surface area contributed by atoms with Gasteiger partial charge in [-0.3, -0.25) is 0 Å². The summed E-state index contributed by atoms with van der Waals surface area (Å²) >= 11 is 1.61. The molecule has 0 aliphatic carbocycles. The molecule has 2 aromatic carbocycles. The Kier molecular flexibility index (Phi) is 5.69. The molecule has 0 unspecified atom stereocenters. The van der Waals surface area contributed by atoms with Gasteiger partial charge in [-0.25, -0.2) is 17.8 Å². The molecule has 0 amide bonds. The van der Waals surface area contributed by atoms with Gasteiger partial charge in [0.15, 0.2) is 15.0 Å². The molecule has 2 heterocycles. The van der Waals surface area contributed by atoms with E-state index >= 15 is 0 Å². The van der Waals surface area contributed by atoms with E-state index in [-0.39, 0.29) is 4.90 Å². The van der Waals surface area contributed by atoms with Crippen LogP contribution in [0.5, 0.6) is 0 Å². The Labute approximate surface area is 175 Å².